The highest BCUT2D eigenvalue weighted by Crippen LogP contribution is 2.16. The molecule has 4 heterocycles. The molecule has 4 rings (SSSR count). The Labute approximate surface area is 154 Å². The molecule has 2 aliphatic rings. The summed E-state index contributed by atoms with van der Waals surface area (Å²) in [5.74, 6) is -0.106. The van der Waals surface area contributed by atoms with Gasteiger partial charge in [0.15, 0.2) is 0 Å². The smallest absolute Gasteiger partial charge is 0.262 e. The van der Waals surface area contributed by atoms with Gasteiger partial charge in [-0.15, -0.1) is 11.3 Å². The molecule has 0 bridgehead atoms. The summed E-state index contributed by atoms with van der Waals surface area (Å²) in [4.78, 5) is 45.7. The fourth-order valence-corrected chi connectivity index (χ4v) is 4.13. The maximum Gasteiger partial charge on any atom is 0.262 e. The maximum absolute atomic E-state index is 12.5. The van der Waals surface area contributed by atoms with Crippen molar-refractivity contribution in [2.45, 2.75) is 25.5 Å². The number of thiophene rings is 1. The van der Waals surface area contributed by atoms with Gasteiger partial charge in [0, 0.05) is 32.8 Å². The van der Waals surface area contributed by atoms with Crippen LogP contribution in [0.2, 0.25) is 0 Å². The fraction of sp³-hybridized carbons (Fsp3) is 0.529. The predicted molar refractivity (Wildman–Crippen MR) is 96.0 cm³/mol. The monoisotopic (exact) mass is 376 g/mol. The molecular weight excluding hydrogens is 356 g/mol. The zero-order valence-electron chi connectivity index (χ0n) is 14.3. The van der Waals surface area contributed by atoms with E-state index in [0.717, 1.165) is 12.8 Å². The molecule has 0 N–H and O–H groups in total. The molecule has 138 valence electrons. The molecule has 0 unspecified atom stereocenters. The van der Waals surface area contributed by atoms with Crippen LogP contribution in [0, 0.1) is 0 Å². The Balaban J connectivity index is 1.36. The van der Waals surface area contributed by atoms with Crippen LogP contribution in [0.15, 0.2) is 22.6 Å². The van der Waals surface area contributed by atoms with Crippen LogP contribution in [0.25, 0.3) is 10.2 Å². The van der Waals surface area contributed by atoms with E-state index in [1.54, 1.807) is 15.9 Å². The third kappa shape index (κ3) is 3.24. The van der Waals surface area contributed by atoms with Gasteiger partial charge in [0.2, 0.25) is 5.91 Å². The Bertz CT molecular complexity index is 878. The van der Waals surface area contributed by atoms with Crippen molar-refractivity contribution in [2.24, 2.45) is 0 Å². The molecule has 8 nitrogen and oxygen atoms in total. The van der Waals surface area contributed by atoms with Crippen LogP contribution in [0.3, 0.4) is 0 Å². The largest absolute Gasteiger partial charge is 0.368 e. The average molecular weight is 376 g/mol. The summed E-state index contributed by atoms with van der Waals surface area (Å²) in [7, 11) is 0. The van der Waals surface area contributed by atoms with Gasteiger partial charge in [0.1, 0.15) is 17.5 Å². The highest BCUT2D eigenvalue weighted by Gasteiger charge is 2.31. The van der Waals surface area contributed by atoms with Gasteiger partial charge in [0.05, 0.1) is 11.7 Å². The van der Waals surface area contributed by atoms with E-state index in [1.807, 2.05) is 5.38 Å². The second kappa shape index (κ2) is 7.16. The van der Waals surface area contributed by atoms with Crippen molar-refractivity contribution in [1.29, 1.82) is 0 Å². The summed E-state index contributed by atoms with van der Waals surface area (Å²) >= 11 is 1.40. The van der Waals surface area contributed by atoms with Crippen LogP contribution in [0.4, 0.5) is 0 Å². The lowest BCUT2D eigenvalue weighted by atomic mass is 10.2. The second-order valence-electron chi connectivity index (χ2n) is 6.52. The molecule has 26 heavy (non-hydrogen) atoms. The first-order valence-electron chi connectivity index (χ1n) is 8.74. The van der Waals surface area contributed by atoms with Gasteiger partial charge in [-0.2, -0.15) is 0 Å². The first kappa shape index (κ1) is 17.2. The number of fused-ring (bicyclic) bond motifs is 1. The van der Waals surface area contributed by atoms with Crippen molar-refractivity contribution in [1.82, 2.24) is 19.4 Å². The molecule has 0 saturated carbocycles. The fourth-order valence-electron chi connectivity index (χ4n) is 3.40. The van der Waals surface area contributed by atoms with E-state index >= 15 is 0 Å². The molecule has 9 heteroatoms. The molecule has 0 spiro atoms. The minimum atomic E-state index is -0.320. The van der Waals surface area contributed by atoms with Crippen molar-refractivity contribution < 1.29 is 14.3 Å². The number of nitrogens with zero attached hydrogens (tertiary/aromatic N) is 4. The minimum Gasteiger partial charge on any atom is -0.368 e. The highest BCUT2D eigenvalue weighted by molar-refractivity contribution is 7.16. The molecule has 0 radical (unpaired) electrons. The Hall–Kier alpha value is -2.26. The quantitative estimate of drug-likeness (QED) is 0.770. The third-order valence-corrected chi connectivity index (χ3v) is 5.73. The standard InChI is InChI=1S/C17H20N4O4S/c22-14(10-21-11-18-15-12(16(21)23)3-9-26-15)19-4-6-20(7-5-19)17(24)13-2-1-8-25-13/h3,9,11,13H,1-2,4-8,10H2/t13-/m1/s1. The van der Waals surface area contributed by atoms with Gasteiger partial charge in [-0.1, -0.05) is 0 Å². The topological polar surface area (TPSA) is 84.7 Å². The van der Waals surface area contributed by atoms with E-state index in [0.29, 0.717) is 43.0 Å². The van der Waals surface area contributed by atoms with Gasteiger partial charge in [0.25, 0.3) is 11.5 Å². The third-order valence-electron chi connectivity index (χ3n) is 4.91. The van der Waals surface area contributed by atoms with Crippen LogP contribution in [-0.4, -0.2) is 70.1 Å². The van der Waals surface area contributed by atoms with Gasteiger partial charge in [-0.3, -0.25) is 19.0 Å². The summed E-state index contributed by atoms with van der Waals surface area (Å²) in [6.07, 6.45) is 2.81. The van der Waals surface area contributed by atoms with Gasteiger partial charge >= 0.3 is 0 Å². The Morgan fingerprint density at radius 3 is 2.73 bits per heavy atom. The van der Waals surface area contributed by atoms with Crippen LogP contribution >= 0.6 is 11.3 Å². The van der Waals surface area contributed by atoms with Crippen LogP contribution < -0.4 is 5.56 Å². The van der Waals surface area contributed by atoms with Crippen molar-refractivity contribution >= 4 is 33.4 Å². The van der Waals surface area contributed by atoms with Crippen molar-refractivity contribution in [3.8, 4) is 0 Å². The molecule has 2 aromatic rings. The maximum atomic E-state index is 12.5. The lowest BCUT2D eigenvalue weighted by molar-refractivity contribution is -0.146. The number of piperazine rings is 1. The highest BCUT2D eigenvalue weighted by atomic mass is 32.1. The molecule has 2 fully saturated rings. The summed E-state index contributed by atoms with van der Waals surface area (Å²) < 4.78 is 6.80. The number of rotatable bonds is 3. The summed E-state index contributed by atoms with van der Waals surface area (Å²) in [5, 5.41) is 2.35. The van der Waals surface area contributed by atoms with E-state index in [-0.39, 0.29) is 30.0 Å². The van der Waals surface area contributed by atoms with Gasteiger partial charge < -0.3 is 14.5 Å². The molecule has 2 aromatic heterocycles. The molecule has 1 atom stereocenters. The molecule has 0 aromatic carbocycles. The Morgan fingerprint density at radius 1 is 1.23 bits per heavy atom. The summed E-state index contributed by atoms with van der Waals surface area (Å²) in [6, 6.07) is 1.73. The van der Waals surface area contributed by atoms with Crippen molar-refractivity contribution in [3.63, 3.8) is 0 Å². The number of hydrogen-bond acceptors (Lipinski definition) is 6. The number of amides is 2. The average Bonchev–Trinajstić information content (AvgIpc) is 3.35. The molecular formula is C17H20N4O4S. The van der Waals surface area contributed by atoms with Gasteiger partial charge in [-0.25, -0.2) is 4.98 Å². The zero-order chi connectivity index (χ0) is 18.1. The van der Waals surface area contributed by atoms with E-state index in [1.165, 1.54) is 22.2 Å². The molecule has 2 saturated heterocycles. The SMILES string of the molecule is O=C(Cn1cnc2sccc2c1=O)N1CCN(C(=O)[C@H]2CCCO2)CC1. The first-order chi connectivity index (χ1) is 12.6. The number of carbonyl (C=O) groups is 2. The zero-order valence-corrected chi connectivity index (χ0v) is 15.1. The lowest BCUT2D eigenvalue weighted by Gasteiger charge is -2.35. The van der Waals surface area contributed by atoms with E-state index in [9.17, 15) is 14.4 Å². The number of aromatic nitrogens is 2. The number of carbonyl (C=O) groups excluding carboxylic acids is 2. The van der Waals surface area contributed by atoms with Crippen molar-refractivity contribution in [2.75, 3.05) is 32.8 Å². The van der Waals surface area contributed by atoms with E-state index in [2.05, 4.69) is 4.98 Å². The second-order valence-corrected chi connectivity index (χ2v) is 7.42. The van der Waals surface area contributed by atoms with Crippen LogP contribution in [-0.2, 0) is 20.9 Å². The molecule has 2 aliphatic heterocycles. The van der Waals surface area contributed by atoms with Crippen molar-refractivity contribution in [3.05, 3.63) is 28.1 Å². The Kier molecular flexibility index (Phi) is 4.73. The van der Waals surface area contributed by atoms with Crippen LogP contribution in [0.5, 0.6) is 0 Å². The minimum absolute atomic E-state index is 0.0259. The summed E-state index contributed by atoms with van der Waals surface area (Å²) in [6.45, 7) is 2.56. The van der Waals surface area contributed by atoms with E-state index < -0.39 is 0 Å². The molecule has 2 amide bonds. The number of ether oxygens (including phenoxy) is 1. The lowest BCUT2D eigenvalue weighted by Crippen LogP contribution is -2.53. The number of hydrogen-bond donors (Lipinski definition) is 0. The summed E-state index contributed by atoms with van der Waals surface area (Å²) in [5.41, 5.74) is -0.197. The first-order valence-corrected chi connectivity index (χ1v) is 9.62. The van der Waals surface area contributed by atoms with Gasteiger partial charge in [-0.05, 0) is 24.3 Å². The Morgan fingerprint density at radius 2 is 2.00 bits per heavy atom. The molecule has 0 aliphatic carbocycles. The van der Waals surface area contributed by atoms with Crippen LogP contribution in [0.1, 0.15) is 12.8 Å². The normalized spacial score (nSPS) is 20.7. The van der Waals surface area contributed by atoms with E-state index in [4.69, 9.17) is 4.74 Å². The predicted octanol–water partition coefficient (Wildman–Crippen LogP) is 0.308.